The van der Waals surface area contributed by atoms with Crippen molar-refractivity contribution in [2.24, 2.45) is 11.8 Å². The summed E-state index contributed by atoms with van der Waals surface area (Å²) in [5.74, 6) is 2.16. The number of nitrogens with zero attached hydrogens (tertiary/aromatic N) is 2. The Morgan fingerprint density at radius 2 is 2.25 bits per heavy atom. The molecular formula is C16H27N3O. The number of nitrogens with one attached hydrogen (secondary N) is 1. The maximum absolute atomic E-state index is 12.2. The van der Waals surface area contributed by atoms with E-state index >= 15 is 0 Å². The van der Waals surface area contributed by atoms with Crippen LogP contribution in [-0.4, -0.2) is 16.1 Å². The summed E-state index contributed by atoms with van der Waals surface area (Å²) in [5.41, 5.74) is -0.0143. The van der Waals surface area contributed by atoms with E-state index in [1.165, 1.54) is 25.7 Å². The third-order valence-electron chi connectivity index (χ3n) is 4.31. The monoisotopic (exact) mass is 277 g/mol. The minimum Gasteiger partial charge on any atom is -0.365 e. The van der Waals surface area contributed by atoms with Crippen molar-refractivity contribution in [3.05, 3.63) is 22.7 Å². The lowest BCUT2D eigenvalue weighted by atomic mass is 9.81. The van der Waals surface area contributed by atoms with Crippen molar-refractivity contribution in [3.8, 4) is 0 Å². The summed E-state index contributed by atoms with van der Waals surface area (Å²) >= 11 is 0. The zero-order chi connectivity index (χ0) is 14.5. The van der Waals surface area contributed by atoms with Gasteiger partial charge in [-0.3, -0.25) is 4.79 Å². The summed E-state index contributed by atoms with van der Waals surface area (Å²) in [6.45, 7) is 7.21. The molecule has 0 radical (unpaired) electrons. The van der Waals surface area contributed by atoms with Gasteiger partial charge in [-0.05, 0) is 38.5 Å². The van der Waals surface area contributed by atoms with Crippen molar-refractivity contribution >= 4 is 5.82 Å². The highest BCUT2D eigenvalue weighted by atomic mass is 16.1. The minimum absolute atomic E-state index is 0.0143. The second-order valence-electron chi connectivity index (χ2n) is 6.44. The normalized spacial score (nSPS) is 23.0. The lowest BCUT2D eigenvalue weighted by Crippen LogP contribution is -2.26. The average molecular weight is 277 g/mol. The van der Waals surface area contributed by atoms with Crippen LogP contribution < -0.4 is 10.9 Å². The van der Waals surface area contributed by atoms with Crippen LogP contribution in [0, 0.1) is 11.8 Å². The van der Waals surface area contributed by atoms with Crippen molar-refractivity contribution in [1.82, 2.24) is 9.55 Å². The van der Waals surface area contributed by atoms with E-state index < -0.39 is 0 Å². The second-order valence-corrected chi connectivity index (χ2v) is 6.44. The van der Waals surface area contributed by atoms with Crippen molar-refractivity contribution in [2.45, 2.75) is 58.9 Å². The lowest BCUT2D eigenvalue weighted by Gasteiger charge is -2.26. The third-order valence-corrected chi connectivity index (χ3v) is 4.31. The van der Waals surface area contributed by atoms with Crippen molar-refractivity contribution < 1.29 is 0 Å². The van der Waals surface area contributed by atoms with E-state index in [0.717, 1.165) is 24.8 Å². The fraction of sp³-hybridized carbons (Fsp3) is 0.750. The van der Waals surface area contributed by atoms with Crippen LogP contribution in [0.1, 0.15) is 58.9 Å². The van der Waals surface area contributed by atoms with Crippen LogP contribution in [0.5, 0.6) is 0 Å². The first-order valence-corrected chi connectivity index (χ1v) is 7.89. The van der Waals surface area contributed by atoms with Crippen LogP contribution >= 0.6 is 0 Å². The molecule has 1 heterocycles. The molecule has 2 rings (SSSR count). The quantitative estimate of drug-likeness (QED) is 0.896. The molecule has 1 aliphatic rings. The molecule has 4 heteroatoms. The molecule has 1 fully saturated rings. The molecule has 1 aromatic heterocycles. The standard InChI is InChI=1S/C16H27N3O/c1-12(2)19-10-9-18-15(16(19)20)17-8-7-14-6-4-5-13(3)11-14/h9-10,12-14H,4-8,11H2,1-3H3,(H,17,18). The van der Waals surface area contributed by atoms with Gasteiger partial charge in [-0.2, -0.15) is 0 Å². The summed E-state index contributed by atoms with van der Waals surface area (Å²) in [5, 5.41) is 3.23. The largest absolute Gasteiger partial charge is 0.365 e. The Bertz CT molecular complexity index is 481. The van der Waals surface area contributed by atoms with Crippen LogP contribution in [0.3, 0.4) is 0 Å². The molecule has 1 aliphatic carbocycles. The molecular weight excluding hydrogens is 250 g/mol. The highest BCUT2D eigenvalue weighted by molar-refractivity contribution is 5.30. The molecule has 0 aliphatic heterocycles. The molecule has 20 heavy (non-hydrogen) atoms. The van der Waals surface area contributed by atoms with Gasteiger partial charge >= 0.3 is 0 Å². The first-order valence-electron chi connectivity index (χ1n) is 7.89. The summed E-state index contributed by atoms with van der Waals surface area (Å²) in [6, 6.07) is 0.172. The van der Waals surface area contributed by atoms with E-state index in [-0.39, 0.29) is 11.6 Å². The summed E-state index contributed by atoms with van der Waals surface area (Å²) in [7, 11) is 0. The van der Waals surface area contributed by atoms with E-state index in [4.69, 9.17) is 0 Å². The molecule has 1 N–H and O–H groups in total. The van der Waals surface area contributed by atoms with Gasteiger partial charge in [0.05, 0.1) is 0 Å². The molecule has 0 spiro atoms. The van der Waals surface area contributed by atoms with Gasteiger partial charge in [-0.25, -0.2) is 4.98 Å². The fourth-order valence-corrected chi connectivity index (χ4v) is 3.17. The van der Waals surface area contributed by atoms with Gasteiger partial charge in [0.25, 0.3) is 5.56 Å². The topological polar surface area (TPSA) is 46.9 Å². The van der Waals surface area contributed by atoms with E-state index in [1.54, 1.807) is 17.0 Å². The van der Waals surface area contributed by atoms with Gasteiger partial charge < -0.3 is 9.88 Å². The summed E-state index contributed by atoms with van der Waals surface area (Å²) in [6.07, 6.45) is 10.00. The van der Waals surface area contributed by atoms with Gasteiger partial charge in [0.2, 0.25) is 0 Å². The number of hydrogen-bond donors (Lipinski definition) is 1. The highest BCUT2D eigenvalue weighted by Crippen LogP contribution is 2.30. The molecule has 1 saturated carbocycles. The van der Waals surface area contributed by atoms with Crippen LogP contribution in [-0.2, 0) is 0 Å². The maximum Gasteiger partial charge on any atom is 0.293 e. The fourth-order valence-electron chi connectivity index (χ4n) is 3.17. The van der Waals surface area contributed by atoms with Crippen LogP contribution in [0.25, 0.3) is 0 Å². The first-order chi connectivity index (χ1) is 9.58. The van der Waals surface area contributed by atoms with Gasteiger partial charge in [0, 0.05) is 25.0 Å². The number of anilines is 1. The van der Waals surface area contributed by atoms with E-state index in [9.17, 15) is 4.79 Å². The second kappa shape index (κ2) is 6.91. The van der Waals surface area contributed by atoms with Crippen molar-refractivity contribution in [3.63, 3.8) is 0 Å². The minimum atomic E-state index is -0.0143. The van der Waals surface area contributed by atoms with Gasteiger partial charge in [-0.1, -0.05) is 26.2 Å². The van der Waals surface area contributed by atoms with Crippen molar-refractivity contribution in [2.75, 3.05) is 11.9 Å². The number of aromatic nitrogens is 2. The van der Waals surface area contributed by atoms with E-state index in [1.807, 2.05) is 13.8 Å². The zero-order valence-corrected chi connectivity index (χ0v) is 12.9. The van der Waals surface area contributed by atoms with Crippen molar-refractivity contribution in [1.29, 1.82) is 0 Å². The SMILES string of the molecule is CC1CCCC(CCNc2nccn(C(C)C)c2=O)C1. The van der Waals surface area contributed by atoms with Crippen LogP contribution in [0.15, 0.2) is 17.2 Å². The molecule has 0 saturated heterocycles. The highest BCUT2D eigenvalue weighted by Gasteiger charge is 2.18. The number of rotatable bonds is 5. The Balaban J connectivity index is 1.88. The van der Waals surface area contributed by atoms with E-state index in [0.29, 0.717) is 5.82 Å². The van der Waals surface area contributed by atoms with Crippen LogP contribution in [0.2, 0.25) is 0 Å². The smallest absolute Gasteiger partial charge is 0.293 e. The van der Waals surface area contributed by atoms with Gasteiger partial charge in [0.15, 0.2) is 5.82 Å². The lowest BCUT2D eigenvalue weighted by molar-refractivity contribution is 0.274. The Hall–Kier alpha value is -1.32. The molecule has 4 nitrogen and oxygen atoms in total. The first kappa shape index (κ1) is 15.1. The summed E-state index contributed by atoms with van der Waals surface area (Å²) < 4.78 is 1.72. The number of hydrogen-bond acceptors (Lipinski definition) is 3. The van der Waals surface area contributed by atoms with Crippen LogP contribution in [0.4, 0.5) is 5.82 Å². The zero-order valence-electron chi connectivity index (χ0n) is 12.9. The molecule has 1 aromatic rings. The maximum atomic E-state index is 12.2. The molecule has 2 unspecified atom stereocenters. The predicted molar refractivity (Wildman–Crippen MR) is 83.1 cm³/mol. The Kier molecular flexibility index (Phi) is 5.21. The molecule has 0 aromatic carbocycles. The molecule has 0 amide bonds. The Morgan fingerprint density at radius 3 is 2.95 bits per heavy atom. The predicted octanol–water partition coefficient (Wildman–Crippen LogP) is 3.45. The van der Waals surface area contributed by atoms with Gasteiger partial charge in [-0.15, -0.1) is 0 Å². The van der Waals surface area contributed by atoms with Gasteiger partial charge in [0.1, 0.15) is 0 Å². The molecule has 112 valence electrons. The third kappa shape index (κ3) is 3.84. The summed E-state index contributed by atoms with van der Waals surface area (Å²) in [4.78, 5) is 16.4. The van der Waals surface area contributed by atoms with E-state index in [2.05, 4.69) is 17.2 Å². The Labute approximate surface area is 121 Å². The Morgan fingerprint density at radius 1 is 1.45 bits per heavy atom. The molecule has 2 atom stereocenters. The average Bonchev–Trinajstić information content (AvgIpc) is 2.40. The molecule has 0 bridgehead atoms.